The molecule has 2 aromatic heterocycles. The molecule has 0 aliphatic rings. The maximum absolute atomic E-state index is 4.40. The fraction of sp³-hybridized carbons (Fsp3) is 0.364. The van der Waals surface area contributed by atoms with Crippen LogP contribution >= 0.6 is 0 Å². The Labute approximate surface area is 78.2 Å². The van der Waals surface area contributed by atoms with Crippen molar-refractivity contribution in [3.63, 3.8) is 0 Å². The van der Waals surface area contributed by atoms with Crippen LogP contribution in [0.15, 0.2) is 24.5 Å². The third kappa shape index (κ3) is 1.32. The van der Waals surface area contributed by atoms with Crippen LogP contribution in [0.3, 0.4) is 0 Å². The number of hydrogen-bond acceptors (Lipinski definition) is 1. The molecule has 0 fully saturated rings. The van der Waals surface area contributed by atoms with Crippen LogP contribution in [0.4, 0.5) is 0 Å². The van der Waals surface area contributed by atoms with Gasteiger partial charge in [-0.25, -0.2) is 4.98 Å². The lowest BCUT2D eigenvalue weighted by Crippen LogP contribution is -1.96. The van der Waals surface area contributed by atoms with Crippen LogP contribution in [-0.2, 0) is 0 Å². The van der Waals surface area contributed by atoms with Crippen molar-refractivity contribution in [2.24, 2.45) is 0 Å². The van der Waals surface area contributed by atoms with Gasteiger partial charge < -0.3 is 4.40 Å². The van der Waals surface area contributed by atoms with Gasteiger partial charge >= 0.3 is 0 Å². The second-order valence-electron chi connectivity index (χ2n) is 3.77. The molecule has 0 atom stereocenters. The number of hydrogen-bond donors (Lipinski definition) is 0. The zero-order valence-corrected chi connectivity index (χ0v) is 8.28. The van der Waals surface area contributed by atoms with E-state index in [1.807, 2.05) is 6.20 Å². The summed E-state index contributed by atoms with van der Waals surface area (Å²) in [7, 11) is 0. The lowest BCUT2D eigenvalue weighted by molar-refractivity contribution is 0.769. The van der Waals surface area contributed by atoms with Gasteiger partial charge in [0.15, 0.2) is 0 Å². The highest BCUT2D eigenvalue weighted by molar-refractivity contribution is 5.47. The molecular formula is C11H14N2. The first kappa shape index (κ1) is 8.30. The van der Waals surface area contributed by atoms with Crippen LogP contribution in [0, 0.1) is 6.92 Å². The molecule has 68 valence electrons. The maximum atomic E-state index is 4.40. The highest BCUT2D eigenvalue weighted by Gasteiger charge is 2.06. The maximum Gasteiger partial charge on any atom is 0.115 e. The van der Waals surface area contributed by atoms with E-state index in [1.165, 1.54) is 11.1 Å². The van der Waals surface area contributed by atoms with Crippen molar-refractivity contribution in [2.45, 2.75) is 26.7 Å². The summed E-state index contributed by atoms with van der Waals surface area (Å²) in [5.41, 5.74) is 2.45. The Morgan fingerprint density at radius 3 is 2.77 bits per heavy atom. The van der Waals surface area contributed by atoms with Gasteiger partial charge in [-0.3, -0.25) is 0 Å². The van der Waals surface area contributed by atoms with Gasteiger partial charge in [-0.15, -0.1) is 0 Å². The Balaban J connectivity index is 2.71. The molecule has 0 spiro atoms. The molecule has 2 heterocycles. The molecule has 0 saturated heterocycles. The fourth-order valence-corrected chi connectivity index (χ4v) is 1.54. The molecular weight excluding hydrogens is 160 g/mol. The predicted octanol–water partition coefficient (Wildman–Crippen LogP) is 2.77. The van der Waals surface area contributed by atoms with E-state index in [9.17, 15) is 0 Å². The molecule has 0 N–H and O–H groups in total. The molecule has 2 heteroatoms. The number of rotatable bonds is 1. The minimum Gasteiger partial charge on any atom is -0.303 e. The third-order valence-electron chi connectivity index (χ3n) is 2.22. The molecule has 0 bridgehead atoms. The summed E-state index contributed by atoms with van der Waals surface area (Å²) in [5.74, 6) is 1.61. The lowest BCUT2D eigenvalue weighted by Gasteiger charge is -2.04. The summed E-state index contributed by atoms with van der Waals surface area (Å²) < 4.78 is 2.17. The average molecular weight is 174 g/mol. The van der Waals surface area contributed by atoms with Crippen LogP contribution in [0.2, 0.25) is 0 Å². The standard InChI is InChI=1S/C11H14N2/c1-8(2)11-12-6-10-5-4-9(3)7-13(10)11/h4-8H,1-3H3. The number of aryl methyl sites for hydroxylation is 1. The van der Waals surface area contributed by atoms with E-state index in [2.05, 4.69) is 48.5 Å². The van der Waals surface area contributed by atoms with E-state index in [4.69, 9.17) is 0 Å². The SMILES string of the molecule is Cc1ccc2cnc(C(C)C)n2c1. The molecule has 2 nitrogen and oxygen atoms in total. The van der Waals surface area contributed by atoms with Gasteiger partial charge in [-0.05, 0) is 18.6 Å². The highest BCUT2D eigenvalue weighted by Crippen LogP contribution is 2.15. The van der Waals surface area contributed by atoms with Crippen molar-refractivity contribution in [3.8, 4) is 0 Å². The molecule has 0 aliphatic carbocycles. The van der Waals surface area contributed by atoms with Gasteiger partial charge in [0, 0.05) is 12.1 Å². The summed E-state index contributed by atoms with van der Waals surface area (Å²) >= 11 is 0. The largest absolute Gasteiger partial charge is 0.303 e. The first-order valence-corrected chi connectivity index (χ1v) is 4.62. The Morgan fingerprint density at radius 2 is 2.08 bits per heavy atom. The van der Waals surface area contributed by atoms with Gasteiger partial charge in [0.1, 0.15) is 5.82 Å². The summed E-state index contributed by atoms with van der Waals surface area (Å²) in [6.45, 7) is 6.43. The molecule has 0 amide bonds. The van der Waals surface area contributed by atoms with Crippen molar-refractivity contribution in [3.05, 3.63) is 35.9 Å². The monoisotopic (exact) mass is 174 g/mol. The van der Waals surface area contributed by atoms with Gasteiger partial charge in [-0.1, -0.05) is 19.9 Å². The van der Waals surface area contributed by atoms with E-state index in [-0.39, 0.29) is 0 Å². The van der Waals surface area contributed by atoms with Gasteiger partial charge in [0.05, 0.1) is 11.7 Å². The quantitative estimate of drug-likeness (QED) is 0.649. The molecule has 0 aromatic carbocycles. The second kappa shape index (κ2) is 2.87. The van der Waals surface area contributed by atoms with E-state index < -0.39 is 0 Å². The summed E-state index contributed by atoms with van der Waals surface area (Å²) in [4.78, 5) is 4.40. The van der Waals surface area contributed by atoms with E-state index in [0.717, 1.165) is 5.82 Å². The Hall–Kier alpha value is -1.31. The van der Waals surface area contributed by atoms with E-state index in [0.29, 0.717) is 5.92 Å². The molecule has 0 saturated carbocycles. The number of fused-ring (bicyclic) bond motifs is 1. The zero-order chi connectivity index (χ0) is 9.42. The topological polar surface area (TPSA) is 17.3 Å². The summed E-state index contributed by atoms with van der Waals surface area (Å²) in [6.07, 6.45) is 4.06. The Morgan fingerprint density at radius 1 is 1.31 bits per heavy atom. The van der Waals surface area contributed by atoms with E-state index >= 15 is 0 Å². The minimum atomic E-state index is 0.476. The molecule has 0 aliphatic heterocycles. The van der Waals surface area contributed by atoms with Crippen molar-refractivity contribution in [1.82, 2.24) is 9.38 Å². The zero-order valence-electron chi connectivity index (χ0n) is 8.28. The van der Waals surface area contributed by atoms with Crippen LogP contribution in [-0.4, -0.2) is 9.38 Å². The van der Waals surface area contributed by atoms with Crippen LogP contribution < -0.4 is 0 Å². The Bertz CT molecular complexity index is 427. The van der Waals surface area contributed by atoms with Gasteiger partial charge in [0.2, 0.25) is 0 Å². The number of nitrogens with zero attached hydrogens (tertiary/aromatic N) is 2. The average Bonchev–Trinajstić information content (AvgIpc) is 2.46. The van der Waals surface area contributed by atoms with Gasteiger partial charge in [0.25, 0.3) is 0 Å². The van der Waals surface area contributed by atoms with Crippen LogP contribution in [0.25, 0.3) is 5.52 Å². The van der Waals surface area contributed by atoms with Crippen LogP contribution in [0.1, 0.15) is 31.2 Å². The van der Waals surface area contributed by atoms with Crippen molar-refractivity contribution < 1.29 is 0 Å². The molecule has 2 aromatic rings. The smallest absolute Gasteiger partial charge is 0.115 e. The normalized spacial score (nSPS) is 11.4. The number of aromatic nitrogens is 2. The first-order valence-electron chi connectivity index (χ1n) is 4.62. The van der Waals surface area contributed by atoms with Crippen molar-refractivity contribution >= 4 is 5.52 Å². The number of imidazole rings is 1. The summed E-state index contributed by atoms with van der Waals surface area (Å²) in [5, 5.41) is 0. The second-order valence-corrected chi connectivity index (χ2v) is 3.77. The van der Waals surface area contributed by atoms with Gasteiger partial charge in [-0.2, -0.15) is 0 Å². The number of pyridine rings is 1. The van der Waals surface area contributed by atoms with Crippen LogP contribution in [0.5, 0.6) is 0 Å². The predicted molar refractivity (Wildman–Crippen MR) is 54.0 cm³/mol. The Kier molecular flexibility index (Phi) is 1.83. The molecule has 13 heavy (non-hydrogen) atoms. The highest BCUT2D eigenvalue weighted by atomic mass is 15.0. The van der Waals surface area contributed by atoms with E-state index in [1.54, 1.807) is 0 Å². The lowest BCUT2D eigenvalue weighted by atomic mass is 10.2. The first-order chi connectivity index (χ1) is 6.18. The fourth-order valence-electron chi connectivity index (χ4n) is 1.54. The molecule has 0 unspecified atom stereocenters. The molecule has 0 radical (unpaired) electrons. The molecule has 2 rings (SSSR count). The summed E-state index contributed by atoms with van der Waals surface area (Å²) in [6, 6.07) is 4.22. The van der Waals surface area contributed by atoms with Crippen molar-refractivity contribution in [2.75, 3.05) is 0 Å². The third-order valence-corrected chi connectivity index (χ3v) is 2.22. The van der Waals surface area contributed by atoms with Crippen molar-refractivity contribution in [1.29, 1.82) is 0 Å². The minimum absolute atomic E-state index is 0.476.